The van der Waals surface area contributed by atoms with Crippen molar-refractivity contribution in [2.24, 2.45) is 0 Å². The Labute approximate surface area is 122 Å². The van der Waals surface area contributed by atoms with Crippen molar-refractivity contribution in [2.45, 2.75) is 31.7 Å². The Morgan fingerprint density at radius 1 is 1.33 bits per heavy atom. The normalized spacial score (nSPS) is 23.8. The molecule has 6 heteroatoms. The van der Waals surface area contributed by atoms with Crippen LogP contribution in [-0.2, 0) is 9.59 Å². The van der Waals surface area contributed by atoms with Crippen molar-refractivity contribution >= 4 is 23.5 Å². The highest BCUT2D eigenvalue weighted by molar-refractivity contribution is 6.04. The van der Waals surface area contributed by atoms with Gasteiger partial charge in [-0.05, 0) is 18.1 Å². The molecule has 1 aromatic rings. The van der Waals surface area contributed by atoms with E-state index in [1.54, 1.807) is 4.90 Å². The predicted octanol–water partition coefficient (Wildman–Crippen LogP) is 1.12. The van der Waals surface area contributed by atoms with Gasteiger partial charge < -0.3 is 10.2 Å². The zero-order valence-electron chi connectivity index (χ0n) is 11.8. The number of carbonyl (C=O) groups is 3. The van der Waals surface area contributed by atoms with Crippen LogP contribution in [0.4, 0.5) is 10.5 Å². The number of nitrogens with one attached hydrogen (secondary N) is 2. The molecule has 6 nitrogen and oxygen atoms in total. The molecule has 110 valence electrons. The zero-order chi connectivity index (χ0) is 15.0. The summed E-state index contributed by atoms with van der Waals surface area (Å²) in [5.74, 6) is -0.0524. The molecule has 0 aliphatic carbocycles. The van der Waals surface area contributed by atoms with Gasteiger partial charge in [0.25, 0.3) is 5.91 Å². The maximum Gasteiger partial charge on any atom is 0.322 e. The van der Waals surface area contributed by atoms with E-state index < -0.39 is 12.1 Å². The number of para-hydroxylation sites is 1. The van der Waals surface area contributed by atoms with Crippen LogP contribution in [0, 0.1) is 0 Å². The van der Waals surface area contributed by atoms with Gasteiger partial charge in [0.05, 0.1) is 0 Å². The number of anilines is 1. The van der Waals surface area contributed by atoms with E-state index in [2.05, 4.69) is 17.6 Å². The third kappa shape index (κ3) is 2.49. The molecule has 1 saturated heterocycles. The molecule has 2 aliphatic rings. The van der Waals surface area contributed by atoms with Crippen LogP contribution in [0.2, 0.25) is 0 Å². The molecular weight excluding hydrogens is 270 g/mol. The average Bonchev–Trinajstić information content (AvgIpc) is 2.97. The van der Waals surface area contributed by atoms with E-state index in [9.17, 15) is 14.4 Å². The highest BCUT2D eigenvalue weighted by Crippen LogP contribution is 2.36. The highest BCUT2D eigenvalue weighted by atomic mass is 16.2. The van der Waals surface area contributed by atoms with E-state index >= 15 is 0 Å². The molecule has 0 aromatic heterocycles. The maximum atomic E-state index is 12.4. The van der Waals surface area contributed by atoms with Crippen molar-refractivity contribution in [1.82, 2.24) is 10.6 Å². The number of fused-ring (bicyclic) bond motifs is 1. The lowest BCUT2D eigenvalue weighted by atomic mass is 10.0. The topological polar surface area (TPSA) is 78.5 Å². The van der Waals surface area contributed by atoms with E-state index in [0.717, 1.165) is 5.69 Å². The predicted molar refractivity (Wildman–Crippen MR) is 76.9 cm³/mol. The van der Waals surface area contributed by atoms with Crippen LogP contribution >= 0.6 is 0 Å². The standard InChI is InChI=1S/C15H17N3O3/c1-9-8-18(12-5-3-2-4-10(9)12)13(19)7-6-11-14(20)17-15(21)16-11/h2-5,9,11H,6-8H2,1H3,(H2,16,17,20,21). The minimum atomic E-state index is -0.600. The van der Waals surface area contributed by atoms with Crippen molar-refractivity contribution in [2.75, 3.05) is 11.4 Å². The van der Waals surface area contributed by atoms with Gasteiger partial charge in [0, 0.05) is 24.6 Å². The first-order chi connectivity index (χ1) is 10.1. The summed E-state index contributed by atoms with van der Waals surface area (Å²) in [6, 6.07) is 6.79. The third-order valence-electron chi connectivity index (χ3n) is 4.02. The second-order valence-electron chi connectivity index (χ2n) is 5.52. The fraction of sp³-hybridized carbons (Fsp3) is 0.400. The van der Waals surface area contributed by atoms with Gasteiger partial charge in [-0.3, -0.25) is 14.9 Å². The van der Waals surface area contributed by atoms with Crippen LogP contribution in [-0.4, -0.2) is 30.4 Å². The second kappa shape index (κ2) is 5.20. The number of carbonyl (C=O) groups excluding carboxylic acids is 3. The van der Waals surface area contributed by atoms with Crippen LogP contribution in [0.1, 0.15) is 31.2 Å². The fourth-order valence-corrected chi connectivity index (χ4v) is 2.92. The first kappa shape index (κ1) is 13.6. The molecule has 1 fully saturated rings. The summed E-state index contributed by atoms with van der Waals surface area (Å²) in [6.45, 7) is 2.76. The quantitative estimate of drug-likeness (QED) is 0.818. The van der Waals surface area contributed by atoms with E-state index in [0.29, 0.717) is 18.9 Å². The fourth-order valence-electron chi connectivity index (χ4n) is 2.92. The first-order valence-corrected chi connectivity index (χ1v) is 7.07. The van der Waals surface area contributed by atoms with Crippen LogP contribution in [0.3, 0.4) is 0 Å². The van der Waals surface area contributed by atoms with E-state index in [-0.39, 0.29) is 18.2 Å². The second-order valence-corrected chi connectivity index (χ2v) is 5.52. The van der Waals surface area contributed by atoms with Crippen LogP contribution < -0.4 is 15.5 Å². The monoisotopic (exact) mass is 287 g/mol. The Morgan fingerprint density at radius 2 is 2.10 bits per heavy atom. The SMILES string of the molecule is CC1CN(C(=O)CCC2NC(=O)NC2=O)c2ccccc21. The van der Waals surface area contributed by atoms with Gasteiger partial charge in [0.2, 0.25) is 5.91 Å². The number of imide groups is 1. The number of benzene rings is 1. The smallest absolute Gasteiger partial charge is 0.322 e. The lowest BCUT2D eigenvalue weighted by Gasteiger charge is -2.18. The third-order valence-corrected chi connectivity index (χ3v) is 4.02. The van der Waals surface area contributed by atoms with Gasteiger partial charge in [0.1, 0.15) is 6.04 Å². The zero-order valence-corrected chi connectivity index (χ0v) is 11.8. The summed E-state index contributed by atoms with van der Waals surface area (Å²) >= 11 is 0. The molecule has 2 N–H and O–H groups in total. The van der Waals surface area contributed by atoms with Crippen molar-refractivity contribution < 1.29 is 14.4 Å². The van der Waals surface area contributed by atoms with E-state index in [4.69, 9.17) is 0 Å². The Kier molecular flexibility index (Phi) is 3.37. The molecule has 3 rings (SSSR count). The summed E-state index contributed by atoms with van der Waals surface area (Å²) in [7, 11) is 0. The molecule has 0 radical (unpaired) electrons. The minimum Gasteiger partial charge on any atom is -0.326 e. The highest BCUT2D eigenvalue weighted by Gasteiger charge is 2.32. The van der Waals surface area contributed by atoms with Gasteiger partial charge in [-0.15, -0.1) is 0 Å². The molecule has 1 aromatic carbocycles. The van der Waals surface area contributed by atoms with Gasteiger partial charge in [-0.25, -0.2) is 4.79 Å². The van der Waals surface area contributed by atoms with Crippen molar-refractivity contribution in [3.05, 3.63) is 29.8 Å². The van der Waals surface area contributed by atoms with Crippen molar-refractivity contribution in [3.8, 4) is 0 Å². The van der Waals surface area contributed by atoms with E-state index in [1.165, 1.54) is 5.56 Å². The Morgan fingerprint density at radius 3 is 2.81 bits per heavy atom. The molecule has 0 saturated carbocycles. The number of nitrogens with zero attached hydrogens (tertiary/aromatic N) is 1. The lowest BCUT2D eigenvalue weighted by molar-refractivity contribution is -0.121. The molecule has 2 atom stereocenters. The molecule has 0 bridgehead atoms. The molecule has 2 aliphatic heterocycles. The van der Waals surface area contributed by atoms with Crippen LogP contribution in [0.5, 0.6) is 0 Å². The van der Waals surface area contributed by atoms with Gasteiger partial charge in [-0.1, -0.05) is 25.1 Å². The van der Waals surface area contributed by atoms with Crippen LogP contribution in [0.15, 0.2) is 24.3 Å². The number of urea groups is 1. The van der Waals surface area contributed by atoms with Crippen molar-refractivity contribution in [3.63, 3.8) is 0 Å². The minimum absolute atomic E-state index is 0.0132. The Hall–Kier alpha value is -2.37. The van der Waals surface area contributed by atoms with Gasteiger partial charge in [0.15, 0.2) is 0 Å². The first-order valence-electron chi connectivity index (χ1n) is 7.07. The van der Waals surface area contributed by atoms with Crippen LogP contribution in [0.25, 0.3) is 0 Å². The van der Waals surface area contributed by atoms with Gasteiger partial charge in [-0.2, -0.15) is 0 Å². The van der Waals surface area contributed by atoms with E-state index in [1.807, 2.05) is 24.3 Å². The van der Waals surface area contributed by atoms with Crippen molar-refractivity contribution in [1.29, 1.82) is 0 Å². The maximum absolute atomic E-state index is 12.4. The number of rotatable bonds is 3. The number of amides is 4. The Bertz CT molecular complexity index is 614. The van der Waals surface area contributed by atoms with Gasteiger partial charge >= 0.3 is 6.03 Å². The molecule has 0 spiro atoms. The average molecular weight is 287 g/mol. The molecular formula is C15H17N3O3. The number of hydrogen-bond acceptors (Lipinski definition) is 3. The summed E-state index contributed by atoms with van der Waals surface area (Å²) in [6.07, 6.45) is 0.558. The summed E-state index contributed by atoms with van der Waals surface area (Å²) in [5, 5.41) is 4.68. The molecule has 2 heterocycles. The summed E-state index contributed by atoms with van der Waals surface area (Å²) in [4.78, 5) is 36.6. The summed E-state index contributed by atoms with van der Waals surface area (Å²) < 4.78 is 0. The molecule has 21 heavy (non-hydrogen) atoms. The number of hydrogen-bond donors (Lipinski definition) is 2. The molecule has 2 unspecified atom stereocenters. The summed E-state index contributed by atoms with van der Waals surface area (Å²) in [5.41, 5.74) is 2.13. The largest absolute Gasteiger partial charge is 0.326 e. The molecule has 4 amide bonds. The lowest BCUT2D eigenvalue weighted by Crippen LogP contribution is -2.34. The Balaban J connectivity index is 1.65.